The van der Waals surface area contributed by atoms with Gasteiger partial charge in [0.25, 0.3) is 0 Å². The van der Waals surface area contributed by atoms with Crippen molar-refractivity contribution in [1.82, 2.24) is 5.43 Å². The van der Waals surface area contributed by atoms with E-state index in [4.69, 9.17) is 22.1 Å². The zero-order chi connectivity index (χ0) is 15.2. The van der Waals surface area contributed by atoms with E-state index in [9.17, 15) is 4.79 Å². The molecule has 0 unspecified atom stereocenters. The van der Waals surface area contributed by atoms with Crippen LogP contribution in [0.1, 0.15) is 11.1 Å². The lowest BCUT2D eigenvalue weighted by atomic mass is 10.2. The molecule has 2 amide bonds. The summed E-state index contributed by atoms with van der Waals surface area (Å²) in [6, 6.07) is 12.0. The monoisotopic (exact) mass is 303 g/mol. The van der Waals surface area contributed by atoms with Gasteiger partial charge in [-0.25, -0.2) is 10.2 Å². The molecule has 5 nitrogen and oxygen atoms in total. The minimum atomic E-state index is -0.704. The second-order valence-electron chi connectivity index (χ2n) is 4.32. The molecular formula is C15H14ClN3O2. The Bertz CT molecular complexity index is 669. The van der Waals surface area contributed by atoms with Gasteiger partial charge in [0.2, 0.25) is 0 Å². The zero-order valence-corrected chi connectivity index (χ0v) is 12.1. The second-order valence-corrected chi connectivity index (χ2v) is 4.75. The average Bonchev–Trinajstić information content (AvgIpc) is 2.43. The molecule has 108 valence electrons. The lowest BCUT2D eigenvalue weighted by Crippen LogP contribution is -2.24. The number of rotatable bonds is 4. The summed E-state index contributed by atoms with van der Waals surface area (Å²) in [4.78, 5) is 10.5. The summed E-state index contributed by atoms with van der Waals surface area (Å²) in [5, 5.41) is 4.35. The van der Waals surface area contributed by atoms with Gasteiger partial charge >= 0.3 is 6.03 Å². The van der Waals surface area contributed by atoms with Crippen molar-refractivity contribution in [2.24, 2.45) is 10.8 Å². The Hall–Kier alpha value is -2.53. The Kier molecular flexibility index (Phi) is 4.79. The first-order valence-corrected chi connectivity index (χ1v) is 6.55. The third-order valence-electron chi connectivity index (χ3n) is 2.63. The predicted octanol–water partition coefficient (Wildman–Crippen LogP) is 3.44. The molecule has 6 heteroatoms. The van der Waals surface area contributed by atoms with Crippen LogP contribution in [0.25, 0.3) is 0 Å². The molecule has 0 spiro atoms. The van der Waals surface area contributed by atoms with Crippen LogP contribution in [0.2, 0.25) is 5.02 Å². The number of hydrogen-bond donors (Lipinski definition) is 2. The van der Waals surface area contributed by atoms with Crippen molar-refractivity contribution in [2.75, 3.05) is 0 Å². The molecule has 0 aliphatic heterocycles. The highest BCUT2D eigenvalue weighted by Crippen LogP contribution is 2.27. The molecular weight excluding hydrogens is 290 g/mol. The van der Waals surface area contributed by atoms with Crippen LogP contribution in [0.4, 0.5) is 4.79 Å². The van der Waals surface area contributed by atoms with Crippen molar-refractivity contribution >= 4 is 23.8 Å². The van der Waals surface area contributed by atoms with E-state index in [0.717, 1.165) is 16.9 Å². The van der Waals surface area contributed by atoms with Gasteiger partial charge in [-0.2, -0.15) is 5.10 Å². The molecule has 0 aromatic heterocycles. The maximum Gasteiger partial charge on any atom is 0.332 e. The highest BCUT2D eigenvalue weighted by atomic mass is 35.5. The van der Waals surface area contributed by atoms with Crippen molar-refractivity contribution in [3.8, 4) is 11.5 Å². The molecule has 0 bridgehead atoms. The van der Waals surface area contributed by atoms with E-state index in [0.29, 0.717) is 10.8 Å². The van der Waals surface area contributed by atoms with E-state index in [1.54, 1.807) is 18.2 Å². The van der Waals surface area contributed by atoms with Crippen LogP contribution in [-0.4, -0.2) is 12.2 Å². The van der Waals surface area contributed by atoms with Gasteiger partial charge in [-0.3, -0.25) is 0 Å². The van der Waals surface area contributed by atoms with Gasteiger partial charge in [-0.05, 0) is 60.5 Å². The molecule has 0 radical (unpaired) electrons. The summed E-state index contributed by atoms with van der Waals surface area (Å²) in [5.74, 6) is 1.44. The van der Waals surface area contributed by atoms with E-state index < -0.39 is 6.03 Å². The fourth-order valence-corrected chi connectivity index (χ4v) is 1.87. The fraction of sp³-hybridized carbons (Fsp3) is 0.0667. The maximum absolute atomic E-state index is 10.5. The van der Waals surface area contributed by atoms with Gasteiger partial charge in [0, 0.05) is 5.02 Å². The van der Waals surface area contributed by atoms with Crippen LogP contribution in [0.5, 0.6) is 11.5 Å². The smallest absolute Gasteiger partial charge is 0.332 e. The van der Waals surface area contributed by atoms with Crippen LogP contribution < -0.4 is 15.9 Å². The number of ether oxygens (including phenoxy) is 1. The lowest BCUT2D eigenvalue weighted by molar-refractivity contribution is 0.249. The number of halogens is 1. The topological polar surface area (TPSA) is 76.7 Å². The molecule has 2 aromatic rings. The van der Waals surface area contributed by atoms with Gasteiger partial charge in [-0.15, -0.1) is 0 Å². The normalized spacial score (nSPS) is 10.6. The first-order chi connectivity index (χ1) is 10.0. The van der Waals surface area contributed by atoms with Crippen LogP contribution in [0.3, 0.4) is 0 Å². The van der Waals surface area contributed by atoms with Gasteiger partial charge in [0.1, 0.15) is 11.5 Å². The first kappa shape index (κ1) is 14.9. The maximum atomic E-state index is 10.5. The average molecular weight is 304 g/mol. The number of nitrogens with two attached hydrogens (primary N) is 1. The highest BCUT2D eigenvalue weighted by Gasteiger charge is 2.02. The van der Waals surface area contributed by atoms with Crippen LogP contribution in [-0.2, 0) is 0 Å². The van der Waals surface area contributed by atoms with Crippen LogP contribution in [0, 0.1) is 6.92 Å². The van der Waals surface area contributed by atoms with E-state index in [2.05, 4.69) is 10.5 Å². The SMILES string of the molecule is Cc1cc(Cl)ccc1Oc1ccc(/C=N\NC(N)=O)cc1. The molecule has 0 aliphatic carbocycles. The largest absolute Gasteiger partial charge is 0.457 e. The van der Waals surface area contributed by atoms with Crippen molar-refractivity contribution in [3.05, 3.63) is 58.6 Å². The Labute approximate surface area is 127 Å². The van der Waals surface area contributed by atoms with Gasteiger partial charge in [0.15, 0.2) is 0 Å². The van der Waals surface area contributed by atoms with Crippen molar-refractivity contribution in [2.45, 2.75) is 6.92 Å². The molecule has 0 saturated carbocycles. The van der Waals surface area contributed by atoms with E-state index in [1.165, 1.54) is 6.21 Å². The number of nitrogens with one attached hydrogen (secondary N) is 1. The molecule has 0 saturated heterocycles. The minimum Gasteiger partial charge on any atom is -0.457 e. The number of urea groups is 1. The number of carbonyl (C=O) groups excluding carboxylic acids is 1. The quantitative estimate of drug-likeness (QED) is 0.670. The lowest BCUT2D eigenvalue weighted by Gasteiger charge is -2.09. The Balaban J connectivity index is 2.05. The number of hydrogen-bond acceptors (Lipinski definition) is 3. The van der Waals surface area contributed by atoms with Crippen LogP contribution in [0.15, 0.2) is 47.6 Å². The molecule has 2 aromatic carbocycles. The summed E-state index contributed by atoms with van der Waals surface area (Å²) in [5.41, 5.74) is 8.79. The number of nitrogens with zero attached hydrogens (tertiary/aromatic N) is 1. The molecule has 0 atom stereocenters. The van der Waals surface area contributed by atoms with E-state index in [1.807, 2.05) is 31.2 Å². The third-order valence-corrected chi connectivity index (χ3v) is 2.87. The summed E-state index contributed by atoms with van der Waals surface area (Å²) in [6.45, 7) is 1.93. The summed E-state index contributed by atoms with van der Waals surface area (Å²) in [6.07, 6.45) is 1.49. The first-order valence-electron chi connectivity index (χ1n) is 6.17. The van der Waals surface area contributed by atoms with Crippen molar-refractivity contribution in [3.63, 3.8) is 0 Å². The van der Waals surface area contributed by atoms with Gasteiger partial charge < -0.3 is 10.5 Å². The predicted molar refractivity (Wildman–Crippen MR) is 83.0 cm³/mol. The molecule has 0 heterocycles. The third kappa shape index (κ3) is 4.50. The number of carbonyl (C=O) groups is 1. The molecule has 21 heavy (non-hydrogen) atoms. The molecule has 0 fully saturated rings. The number of hydrazone groups is 1. The second kappa shape index (κ2) is 6.76. The number of aryl methyl sites for hydroxylation is 1. The number of amides is 2. The summed E-state index contributed by atoms with van der Waals surface area (Å²) in [7, 11) is 0. The standard InChI is InChI=1S/C15H14ClN3O2/c1-10-8-12(16)4-7-14(10)21-13-5-2-11(3-6-13)9-18-19-15(17)20/h2-9H,1H3,(H3,17,19,20)/b18-9-. The Morgan fingerprint density at radius 2 is 2.00 bits per heavy atom. The molecule has 2 rings (SSSR count). The van der Waals surface area contributed by atoms with E-state index in [-0.39, 0.29) is 0 Å². The number of benzene rings is 2. The van der Waals surface area contributed by atoms with Crippen LogP contribution >= 0.6 is 11.6 Å². The van der Waals surface area contributed by atoms with Gasteiger partial charge in [-0.1, -0.05) is 11.6 Å². The Morgan fingerprint density at radius 3 is 2.62 bits per heavy atom. The fourth-order valence-electron chi connectivity index (χ4n) is 1.65. The minimum absolute atomic E-state index is 0.674. The van der Waals surface area contributed by atoms with E-state index >= 15 is 0 Å². The molecule has 0 aliphatic rings. The Morgan fingerprint density at radius 1 is 1.29 bits per heavy atom. The van der Waals surface area contributed by atoms with Gasteiger partial charge in [0.05, 0.1) is 6.21 Å². The van der Waals surface area contributed by atoms with Crippen molar-refractivity contribution < 1.29 is 9.53 Å². The molecule has 3 N–H and O–H groups in total. The summed E-state index contributed by atoms with van der Waals surface area (Å²) >= 11 is 5.90. The highest BCUT2D eigenvalue weighted by molar-refractivity contribution is 6.30. The number of primary amides is 1. The zero-order valence-electron chi connectivity index (χ0n) is 11.3. The van der Waals surface area contributed by atoms with Crippen molar-refractivity contribution in [1.29, 1.82) is 0 Å². The summed E-state index contributed by atoms with van der Waals surface area (Å²) < 4.78 is 5.77.